The Morgan fingerprint density at radius 1 is 1.50 bits per heavy atom. The second-order valence-electron chi connectivity index (χ2n) is 4.27. The molecular weight excluding hydrogens is 282 g/mol. The van der Waals surface area contributed by atoms with Gasteiger partial charge in [0.25, 0.3) is 0 Å². The Morgan fingerprint density at radius 3 is 3.12 bits per heavy atom. The molecule has 16 heavy (non-hydrogen) atoms. The summed E-state index contributed by atoms with van der Waals surface area (Å²) in [6.45, 7) is 5.86. The second-order valence-corrected chi connectivity index (χ2v) is 6.59. The number of thioether (sulfide) groups is 1. The highest BCUT2D eigenvalue weighted by molar-refractivity contribution is 9.10. The fourth-order valence-electron chi connectivity index (χ4n) is 2.06. The van der Waals surface area contributed by atoms with Gasteiger partial charge in [0.2, 0.25) is 0 Å². The first-order chi connectivity index (χ1) is 7.78. The van der Waals surface area contributed by atoms with Crippen molar-refractivity contribution in [2.45, 2.75) is 25.1 Å². The lowest BCUT2D eigenvalue weighted by atomic mass is 10.2. The third-order valence-corrected chi connectivity index (χ3v) is 4.84. The summed E-state index contributed by atoms with van der Waals surface area (Å²) in [7, 11) is 0. The maximum atomic E-state index is 3.53. The molecule has 0 amide bonds. The summed E-state index contributed by atoms with van der Waals surface area (Å²) in [4.78, 5) is 2.58. The summed E-state index contributed by atoms with van der Waals surface area (Å²) < 4.78 is 1.18. The lowest BCUT2D eigenvalue weighted by Crippen LogP contribution is -2.36. The van der Waals surface area contributed by atoms with Gasteiger partial charge in [-0.2, -0.15) is 11.8 Å². The van der Waals surface area contributed by atoms with Gasteiger partial charge in [0.1, 0.15) is 0 Å². The summed E-state index contributed by atoms with van der Waals surface area (Å²) in [6, 6.07) is 8.65. The van der Waals surface area contributed by atoms with Gasteiger partial charge in [-0.05, 0) is 24.1 Å². The van der Waals surface area contributed by atoms with Crippen molar-refractivity contribution < 1.29 is 0 Å². The maximum absolute atomic E-state index is 3.53. The fourth-order valence-corrected chi connectivity index (χ4v) is 3.76. The van der Waals surface area contributed by atoms with Crippen molar-refractivity contribution in [1.82, 2.24) is 4.90 Å². The van der Waals surface area contributed by atoms with Crippen molar-refractivity contribution in [3.8, 4) is 0 Å². The first-order valence-electron chi connectivity index (χ1n) is 5.86. The predicted octanol–water partition coefficient (Wildman–Crippen LogP) is 3.78. The topological polar surface area (TPSA) is 3.24 Å². The molecule has 1 saturated heterocycles. The first-order valence-corrected chi connectivity index (χ1v) is 7.70. The number of hydrogen-bond donors (Lipinski definition) is 0. The molecule has 1 atom stereocenters. The van der Waals surface area contributed by atoms with Crippen LogP contribution in [-0.4, -0.2) is 29.0 Å². The molecule has 0 aliphatic carbocycles. The van der Waals surface area contributed by atoms with E-state index in [-0.39, 0.29) is 0 Å². The minimum atomic E-state index is 0.834. The highest BCUT2D eigenvalue weighted by atomic mass is 79.9. The predicted molar refractivity (Wildman–Crippen MR) is 76.0 cm³/mol. The van der Waals surface area contributed by atoms with E-state index in [4.69, 9.17) is 0 Å². The second kappa shape index (κ2) is 6.08. The highest BCUT2D eigenvalue weighted by Crippen LogP contribution is 2.23. The summed E-state index contributed by atoms with van der Waals surface area (Å²) in [5.41, 5.74) is 1.41. The van der Waals surface area contributed by atoms with Crippen LogP contribution >= 0.6 is 27.7 Å². The van der Waals surface area contributed by atoms with Gasteiger partial charge in [0, 0.05) is 35.1 Å². The fraction of sp³-hybridized carbons (Fsp3) is 0.538. The summed E-state index contributed by atoms with van der Waals surface area (Å²) in [6.07, 6.45) is 1.29. The van der Waals surface area contributed by atoms with Crippen molar-refractivity contribution in [1.29, 1.82) is 0 Å². The Hall–Kier alpha value is 0.01000. The Labute approximate surface area is 111 Å². The van der Waals surface area contributed by atoms with Crippen LogP contribution in [0, 0.1) is 0 Å². The average Bonchev–Trinajstić information content (AvgIpc) is 2.29. The van der Waals surface area contributed by atoms with E-state index in [1.807, 2.05) is 0 Å². The molecule has 0 radical (unpaired) electrons. The monoisotopic (exact) mass is 299 g/mol. The third kappa shape index (κ3) is 3.51. The van der Waals surface area contributed by atoms with Crippen LogP contribution in [0.25, 0.3) is 0 Å². The van der Waals surface area contributed by atoms with E-state index in [2.05, 4.69) is 63.8 Å². The molecule has 3 heteroatoms. The number of rotatable bonds is 3. The SMILES string of the molecule is CCC1CN(Cc2cccc(Br)c2)CCS1. The van der Waals surface area contributed by atoms with Gasteiger partial charge >= 0.3 is 0 Å². The largest absolute Gasteiger partial charge is 0.297 e. The van der Waals surface area contributed by atoms with Crippen LogP contribution in [0.5, 0.6) is 0 Å². The van der Waals surface area contributed by atoms with Crippen molar-refractivity contribution in [2.75, 3.05) is 18.8 Å². The molecule has 1 unspecified atom stereocenters. The molecule has 1 aromatic carbocycles. The van der Waals surface area contributed by atoms with E-state index < -0.39 is 0 Å². The molecule has 0 N–H and O–H groups in total. The number of halogens is 1. The lowest BCUT2D eigenvalue weighted by molar-refractivity contribution is 0.273. The van der Waals surface area contributed by atoms with Crippen molar-refractivity contribution in [3.05, 3.63) is 34.3 Å². The van der Waals surface area contributed by atoms with Crippen LogP contribution in [0.1, 0.15) is 18.9 Å². The molecular formula is C13H18BrNS. The van der Waals surface area contributed by atoms with Gasteiger partial charge in [-0.1, -0.05) is 35.0 Å². The van der Waals surface area contributed by atoms with E-state index in [1.54, 1.807) is 0 Å². The standard InChI is InChI=1S/C13H18BrNS/c1-2-13-10-15(6-7-16-13)9-11-4-3-5-12(14)8-11/h3-5,8,13H,2,6-7,9-10H2,1H3. The summed E-state index contributed by atoms with van der Waals surface area (Å²) in [5.74, 6) is 1.28. The van der Waals surface area contributed by atoms with Crippen LogP contribution in [0.3, 0.4) is 0 Å². The van der Waals surface area contributed by atoms with Gasteiger partial charge in [-0.15, -0.1) is 0 Å². The Bertz CT molecular complexity index is 342. The molecule has 1 nitrogen and oxygen atoms in total. The van der Waals surface area contributed by atoms with Gasteiger partial charge in [0.15, 0.2) is 0 Å². The van der Waals surface area contributed by atoms with Crippen molar-refractivity contribution in [3.63, 3.8) is 0 Å². The zero-order valence-electron chi connectivity index (χ0n) is 9.66. The minimum absolute atomic E-state index is 0.834. The molecule has 1 fully saturated rings. The minimum Gasteiger partial charge on any atom is -0.297 e. The molecule has 1 aliphatic rings. The molecule has 0 aromatic heterocycles. The van der Waals surface area contributed by atoms with E-state index in [1.165, 1.54) is 35.3 Å². The molecule has 0 bridgehead atoms. The smallest absolute Gasteiger partial charge is 0.0234 e. The lowest BCUT2D eigenvalue weighted by Gasteiger charge is -2.31. The van der Waals surface area contributed by atoms with E-state index in [0.29, 0.717) is 0 Å². The molecule has 0 saturated carbocycles. The zero-order chi connectivity index (χ0) is 11.4. The Balaban J connectivity index is 1.94. The number of benzene rings is 1. The molecule has 1 aliphatic heterocycles. The van der Waals surface area contributed by atoms with Crippen LogP contribution in [-0.2, 0) is 6.54 Å². The van der Waals surface area contributed by atoms with Crippen molar-refractivity contribution in [2.24, 2.45) is 0 Å². The van der Waals surface area contributed by atoms with Gasteiger partial charge in [0.05, 0.1) is 0 Å². The summed E-state index contributed by atoms with van der Waals surface area (Å²) >= 11 is 5.66. The maximum Gasteiger partial charge on any atom is 0.0234 e. The Morgan fingerprint density at radius 2 is 2.38 bits per heavy atom. The Kier molecular flexibility index (Phi) is 4.74. The molecule has 88 valence electrons. The van der Waals surface area contributed by atoms with Gasteiger partial charge in [-0.3, -0.25) is 4.90 Å². The average molecular weight is 300 g/mol. The third-order valence-electron chi connectivity index (χ3n) is 2.97. The number of hydrogen-bond acceptors (Lipinski definition) is 2. The van der Waals surface area contributed by atoms with Crippen molar-refractivity contribution >= 4 is 27.7 Å². The van der Waals surface area contributed by atoms with Crippen LogP contribution in [0.2, 0.25) is 0 Å². The highest BCUT2D eigenvalue weighted by Gasteiger charge is 2.18. The van der Waals surface area contributed by atoms with Gasteiger partial charge < -0.3 is 0 Å². The molecule has 1 aromatic rings. The van der Waals surface area contributed by atoms with E-state index in [0.717, 1.165) is 11.8 Å². The van der Waals surface area contributed by atoms with E-state index >= 15 is 0 Å². The molecule has 2 rings (SSSR count). The molecule has 1 heterocycles. The zero-order valence-corrected chi connectivity index (χ0v) is 12.1. The van der Waals surface area contributed by atoms with Gasteiger partial charge in [-0.25, -0.2) is 0 Å². The number of nitrogens with zero attached hydrogens (tertiary/aromatic N) is 1. The normalized spacial score (nSPS) is 22.2. The first kappa shape index (κ1) is 12.5. The summed E-state index contributed by atoms with van der Waals surface area (Å²) in [5, 5.41) is 0.834. The molecule has 0 spiro atoms. The van der Waals surface area contributed by atoms with Crippen LogP contribution in [0.15, 0.2) is 28.7 Å². The quantitative estimate of drug-likeness (QED) is 0.836. The van der Waals surface area contributed by atoms with Crippen LogP contribution in [0.4, 0.5) is 0 Å². The van der Waals surface area contributed by atoms with E-state index in [9.17, 15) is 0 Å². The van der Waals surface area contributed by atoms with Crippen LogP contribution < -0.4 is 0 Å².